The van der Waals surface area contributed by atoms with Crippen molar-refractivity contribution in [3.8, 4) is 11.8 Å². The molecule has 1 N–H and O–H groups in total. The second-order valence-corrected chi connectivity index (χ2v) is 5.29. The third-order valence-corrected chi connectivity index (χ3v) is 3.55. The van der Waals surface area contributed by atoms with Crippen molar-refractivity contribution >= 4 is 0 Å². The largest absolute Gasteiger partial charge is 0.506 e. The van der Waals surface area contributed by atoms with E-state index in [1.807, 2.05) is 19.1 Å². The molecule has 0 aliphatic heterocycles. The molecule has 0 unspecified atom stereocenters. The van der Waals surface area contributed by atoms with Gasteiger partial charge in [0.15, 0.2) is 0 Å². The van der Waals surface area contributed by atoms with Crippen LogP contribution in [0.2, 0.25) is 0 Å². The van der Waals surface area contributed by atoms with Crippen LogP contribution in [0, 0.1) is 18.3 Å². The SMILES string of the molecule is CCCCCCCCCc1cc(C)c(O)c(C#N)c1. The number of nitriles is 1. The Morgan fingerprint density at radius 2 is 1.68 bits per heavy atom. The molecular formula is C17H25NO. The molecule has 0 aliphatic carbocycles. The van der Waals surface area contributed by atoms with Crippen molar-refractivity contribution in [1.29, 1.82) is 5.26 Å². The minimum Gasteiger partial charge on any atom is -0.506 e. The molecule has 2 nitrogen and oxygen atoms in total. The second-order valence-electron chi connectivity index (χ2n) is 5.29. The zero-order valence-electron chi connectivity index (χ0n) is 12.2. The number of hydrogen-bond acceptors (Lipinski definition) is 2. The molecule has 0 radical (unpaired) electrons. The van der Waals surface area contributed by atoms with Gasteiger partial charge in [-0.2, -0.15) is 5.26 Å². The van der Waals surface area contributed by atoms with E-state index in [1.165, 1.54) is 50.5 Å². The molecule has 0 saturated carbocycles. The van der Waals surface area contributed by atoms with Gasteiger partial charge >= 0.3 is 0 Å². The summed E-state index contributed by atoms with van der Waals surface area (Å²) in [5.74, 6) is 0.130. The lowest BCUT2D eigenvalue weighted by Crippen LogP contribution is -1.91. The number of aryl methyl sites for hydroxylation is 2. The van der Waals surface area contributed by atoms with Gasteiger partial charge in [-0.3, -0.25) is 0 Å². The second kappa shape index (κ2) is 8.58. The summed E-state index contributed by atoms with van der Waals surface area (Å²) in [6.07, 6.45) is 10.1. The predicted molar refractivity (Wildman–Crippen MR) is 79.3 cm³/mol. The molecule has 0 amide bonds. The summed E-state index contributed by atoms with van der Waals surface area (Å²) in [6, 6.07) is 5.86. The summed E-state index contributed by atoms with van der Waals surface area (Å²) < 4.78 is 0. The number of phenols is 1. The van der Waals surface area contributed by atoms with E-state index in [4.69, 9.17) is 5.26 Å². The van der Waals surface area contributed by atoms with Gasteiger partial charge in [-0.1, -0.05) is 51.5 Å². The van der Waals surface area contributed by atoms with Crippen molar-refractivity contribution in [2.75, 3.05) is 0 Å². The summed E-state index contributed by atoms with van der Waals surface area (Å²) >= 11 is 0. The molecule has 0 heterocycles. The van der Waals surface area contributed by atoms with Crippen LogP contribution in [0.1, 0.15) is 68.6 Å². The number of hydrogen-bond donors (Lipinski definition) is 1. The van der Waals surface area contributed by atoms with Crippen LogP contribution in [-0.4, -0.2) is 5.11 Å². The minimum absolute atomic E-state index is 0.130. The third-order valence-electron chi connectivity index (χ3n) is 3.55. The first-order chi connectivity index (χ1) is 9.19. The fourth-order valence-corrected chi connectivity index (χ4v) is 2.37. The standard InChI is InChI=1S/C17H25NO/c1-3-4-5-6-7-8-9-10-15-11-14(2)17(19)16(12-15)13-18/h11-12,19H,3-10H2,1-2H3. The molecule has 0 fully saturated rings. The molecule has 0 spiro atoms. The van der Waals surface area contributed by atoms with Gasteiger partial charge in [0.1, 0.15) is 11.8 Å². The molecule has 0 saturated heterocycles. The van der Waals surface area contributed by atoms with E-state index in [-0.39, 0.29) is 5.75 Å². The van der Waals surface area contributed by atoms with E-state index < -0.39 is 0 Å². The van der Waals surface area contributed by atoms with Crippen molar-refractivity contribution in [2.24, 2.45) is 0 Å². The van der Waals surface area contributed by atoms with Gasteiger partial charge in [-0.15, -0.1) is 0 Å². The maximum atomic E-state index is 9.69. The first-order valence-electron chi connectivity index (χ1n) is 7.41. The van der Waals surface area contributed by atoms with Crippen molar-refractivity contribution in [2.45, 2.75) is 65.2 Å². The van der Waals surface area contributed by atoms with E-state index in [2.05, 4.69) is 13.0 Å². The fraction of sp³-hybridized carbons (Fsp3) is 0.588. The molecule has 1 aromatic rings. The lowest BCUT2D eigenvalue weighted by molar-refractivity contribution is 0.469. The van der Waals surface area contributed by atoms with Gasteiger partial charge in [0.05, 0.1) is 5.56 Å². The first kappa shape index (κ1) is 15.6. The van der Waals surface area contributed by atoms with Crippen molar-refractivity contribution in [3.05, 3.63) is 28.8 Å². The van der Waals surface area contributed by atoms with E-state index in [0.717, 1.165) is 12.0 Å². The van der Waals surface area contributed by atoms with Crippen molar-refractivity contribution < 1.29 is 5.11 Å². The van der Waals surface area contributed by atoms with Crippen LogP contribution in [-0.2, 0) is 6.42 Å². The average molecular weight is 259 g/mol. The Labute approximate surface area is 117 Å². The highest BCUT2D eigenvalue weighted by molar-refractivity contribution is 5.49. The van der Waals surface area contributed by atoms with Crippen LogP contribution >= 0.6 is 0 Å². The van der Waals surface area contributed by atoms with Crippen LogP contribution in [0.4, 0.5) is 0 Å². The van der Waals surface area contributed by atoms with Crippen molar-refractivity contribution in [1.82, 2.24) is 0 Å². The summed E-state index contributed by atoms with van der Waals surface area (Å²) in [5, 5.41) is 18.6. The first-order valence-corrected chi connectivity index (χ1v) is 7.41. The maximum Gasteiger partial charge on any atom is 0.136 e. The van der Waals surface area contributed by atoms with Crippen LogP contribution in [0.5, 0.6) is 5.75 Å². The van der Waals surface area contributed by atoms with Gasteiger partial charge in [0.2, 0.25) is 0 Å². The highest BCUT2D eigenvalue weighted by Gasteiger charge is 2.06. The lowest BCUT2D eigenvalue weighted by Gasteiger charge is -2.06. The molecule has 0 aromatic heterocycles. The normalized spacial score (nSPS) is 10.4. The van der Waals surface area contributed by atoms with E-state index in [1.54, 1.807) is 0 Å². The average Bonchev–Trinajstić information content (AvgIpc) is 2.41. The third kappa shape index (κ3) is 5.34. The molecule has 0 bridgehead atoms. The Morgan fingerprint density at radius 3 is 2.32 bits per heavy atom. The maximum absolute atomic E-state index is 9.69. The number of rotatable bonds is 8. The number of nitrogens with zero attached hydrogens (tertiary/aromatic N) is 1. The Hall–Kier alpha value is -1.49. The highest BCUT2D eigenvalue weighted by atomic mass is 16.3. The van der Waals surface area contributed by atoms with Crippen LogP contribution < -0.4 is 0 Å². The van der Waals surface area contributed by atoms with Crippen molar-refractivity contribution in [3.63, 3.8) is 0 Å². The monoisotopic (exact) mass is 259 g/mol. The summed E-state index contributed by atoms with van der Waals surface area (Å²) in [7, 11) is 0. The van der Waals surface area contributed by atoms with Crippen LogP contribution in [0.3, 0.4) is 0 Å². The van der Waals surface area contributed by atoms with Crippen LogP contribution in [0.25, 0.3) is 0 Å². The molecular weight excluding hydrogens is 234 g/mol. The lowest BCUT2D eigenvalue weighted by atomic mass is 10.00. The summed E-state index contributed by atoms with van der Waals surface area (Å²) in [5.41, 5.74) is 2.37. The molecule has 1 rings (SSSR count). The van der Waals surface area contributed by atoms with E-state index in [9.17, 15) is 5.11 Å². The Kier molecular flexibility index (Phi) is 7.03. The number of unbranched alkanes of at least 4 members (excludes halogenated alkanes) is 6. The Morgan fingerprint density at radius 1 is 1.05 bits per heavy atom. The van der Waals surface area contributed by atoms with Gasteiger partial charge in [0.25, 0.3) is 0 Å². The number of benzene rings is 1. The van der Waals surface area contributed by atoms with Gasteiger partial charge in [-0.25, -0.2) is 0 Å². The zero-order chi connectivity index (χ0) is 14.1. The molecule has 104 valence electrons. The molecule has 19 heavy (non-hydrogen) atoms. The summed E-state index contributed by atoms with van der Waals surface area (Å²) in [4.78, 5) is 0. The van der Waals surface area contributed by atoms with Gasteiger partial charge < -0.3 is 5.11 Å². The highest BCUT2D eigenvalue weighted by Crippen LogP contribution is 2.24. The topological polar surface area (TPSA) is 44.0 Å². The smallest absolute Gasteiger partial charge is 0.136 e. The predicted octanol–water partition coefficient (Wildman–Crippen LogP) is 4.87. The van der Waals surface area contributed by atoms with Gasteiger partial charge in [0, 0.05) is 0 Å². The number of aromatic hydroxyl groups is 1. The fourth-order valence-electron chi connectivity index (χ4n) is 2.37. The molecule has 2 heteroatoms. The van der Waals surface area contributed by atoms with E-state index >= 15 is 0 Å². The molecule has 1 aromatic carbocycles. The molecule has 0 aliphatic rings. The molecule has 0 atom stereocenters. The van der Waals surface area contributed by atoms with E-state index in [0.29, 0.717) is 5.56 Å². The quantitative estimate of drug-likeness (QED) is 0.677. The summed E-state index contributed by atoms with van der Waals surface area (Å²) in [6.45, 7) is 4.09. The zero-order valence-corrected chi connectivity index (χ0v) is 12.2. The van der Waals surface area contributed by atoms with Gasteiger partial charge in [-0.05, 0) is 37.0 Å². The van der Waals surface area contributed by atoms with Crippen LogP contribution in [0.15, 0.2) is 12.1 Å². The Bertz CT molecular complexity index is 432. The minimum atomic E-state index is 0.130. The Balaban J connectivity index is 2.34. The number of phenolic OH excluding ortho intramolecular Hbond substituents is 1.